The molecular formula is C26H18N4O2Pd-4. The molecule has 2 aliphatic heterocycles. The summed E-state index contributed by atoms with van der Waals surface area (Å²) >= 11 is 0. The quantitative estimate of drug-likeness (QED) is 0.213. The van der Waals surface area contributed by atoms with E-state index in [1.54, 1.807) is 22.2 Å². The van der Waals surface area contributed by atoms with Gasteiger partial charge in [0, 0.05) is 39.8 Å². The smallest absolute Gasteiger partial charge is 0.0722 e. The molecule has 6 nitrogen and oxygen atoms in total. The molecule has 0 saturated heterocycles. The van der Waals surface area contributed by atoms with Crippen LogP contribution in [-0.4, -0.2) is 23.8 Å². The van der Waals surface area contributed by atoms with Crippen LogP contribution in [0, 0.1) is 25.5 Å². The van der Waals surface area contributed by atoms with E-state index in [0.717, 1.165) is 31.3 Å². The Balaban J connectivity index is 0.00000277. The molecule has 0 bridgehead atoms. The van der Waals surface area contributed by atoms with Crippen molar-refractivity contribution in [1.82, 2.24) is 9.80 Å². The molecule has 0 atom stereocenters. The van der Waals surface area contributed by atoms with Crippen molar-refractivity contribution in [2.75, 3.05) is 23.8 Å². The molecule has 3 aromatic carbocycles. The summed E-state index contributed by atoms with van der Waals surface area (Å²) in [5, 5.41) is 3.04. The molecule has 0 aliphatic carbocycles. The van der Waals surface area contributed by atoms with Gasteiger partial charge in [-0.1, -0.05) is 22.1 Å². The van der Waals surface area contributed by atoms with Crippen LogP contribution in [0.1, 0.15) is 8.22 Å². The topological polar surface area (TPSA) is 39.2 Å². The number of fused-ring (bicyclic) bond motifs is 7. The molecule has 0 fully saturated rings. The zero-order valence-electron chi connectivity index (χ0n) is 22.8. The minimum Gasteiger partial charge on any atom is -0.511 e. The van der Waals surface area contributed by atoms with Gasteiger partial charge in [-0.3, -0.25) is 0 Å². The summed E-state index contributed by atoms with van der Waals surface area (Å²) in [5.74, 6) is 0. The van der Waals surface area contributed by atoms with Crippen molar-refractivity contribution in [3.63, 3.8) is 0 Å². The minimum absolute atomic E-state index is 0. The second kappa shape index (κ2) is 7.31. The average Bonchev–Trinajstić information content (AvgIpc) is 3.65. The van der Waals surface area contributed by atoms with Gasteiger partial charge < -0.3 is 28.4 Å². The summed E-state index contributed by atoms with van der Waals surface area (Å²) in [6.45, 7) is -1.57. The first-order valence-electron chi connectivity index (χ1n) is 12.9. The van der Waals surface area contributed by atoms with Crippen LogP contribution in [0.5, 0.6) is 0 Å². The molecule has 0 N–H and O–H groups in total. The molecule has 168 valence electrons. The van der Waals surface area contributed by atoms with Crippen LogP contribution in [0.3, 0.4) is 0 Å². The van der Waals surface area contributed by atoms with Crippen LogP contribution >= 0.6 is 0 Å². The number of hydrogen-bond donors (Lipinski definition) is 0. The number of furan rings is 2. The normalized spacial score (nSPS) is 19.3. The Morgan fingerprint density at radius 2 is 1.12 bits per heavy atom. The second-order valence-electron chi connectivity index (χ2n) is 7.64. The second-order valence-corrected chi connectivity index (χ2v) is 7.64. The third kappa shape index (κ3) is 3.04. The van der Waals surface area contributed by atoms with Crippen LogP contribution in [0.4, 0.5) is 11.4 Å². The van der Waals surface area contributed by atoms with E-state index in [4.69, 9.17) is 17.1 Å². The molecule has 2 aliphatic rings. The van der Waals surface area contributed by atoms with E-state index in [1.807, 2.05) is 36.4 Å². The Morgan fingerprint density at radius 3 is 1.55 bits per heavy atom. The Morgan fingerprint density at radius 1 is 0.667 bits per heavy atom. The predicted molar refractivity (Wildman–Crippen MR) is 126 cm³/mol. The van der Waals surface area contributed by atoms with Gasteiger partial charge in [0.25, 0.3) is 0 Å². The fourth-order valence-corrected chi connectivity index (χ4v) is 4.24. The molecule has 33 heavy (non-hydrogen) atoms. The fraction of sp³-hybridized carbons (Fsp3) is 0.0769. The fourth-order valence-electron chi connectivity index (χ4n) is 4.24. The van der Waals surface area contributed by atoms with Crippen molar-refractivity contribution in [2.45, 2.75) is 0 Å². The molecule has 0 spiro atoms. The van der Waals surface area contributed by atoms with Gasteiger partial charge in [-0.2, -0.15) is 13.3 Å². The van der Waals surface area contributed by atoms with Crippen molar-refractivity contribution < 1.29 is 37.5 Å². The van der Waals surface area contributed by atoms with E-state index in [2.05, 4.69) is 12.1 Å². The van der Waals surface area contributed by atoms with Gasteiger partial charge in [0.05, 0.1) is 11.2 Å². The average molecular weight is 531 g/mol. The summed E-state index contributed by atoms with van der Waals surface area (Å²) in [5.41, 5.74) is 3.85. The zero-order valence-corrected chi connectivity index (χ0v) is 18.4. The Hall–Kier alpha value is -3.40. The first-order valence-corrected chi connectivity index (χ1v) is 9.93. The summed E-state index contributed by atoms with van der Waals surface area (Å²) in [7, 11) is 0. The maximum Gasteiger partial charge on any atom is 0.0722 e. The van der Waals surface area contributed by atoms with Gasteiger partial charge in [-0.15, -0.1) is 47.2 Å². The molecule has 2 aromatic heterocycles. The van der Waals surface area contributed by atoms with E-state index >= 15 is 0 Å². The van der Waals surface area contributed by atoms with Crippen LogP contribution < -0.4 is 9.80 Å². The molecule has 4 heterocycles. The third-order valence-corrected chi connectivity index (χ3v) is 5.68. The summed E-state index contributed by atoms with van der Waals surface area (Å²) < 4.78 is 58.1. The first-order chi connectivity index (χ1) is 18.1. The standard InChI is InChI=1S/C26H18N4O2.Pd/c1-27-9-11-29(15-27)17-3-5-21-19(13-17)25-23(31-21)7-8-24-26(25)20-14-18(4-6-22(20)32-24)30-12-10-28(2)16-30;/h3-12,15-16H,1-2H3;/q-4;/i1D3,2D3;. The van der Waals surface area contributed by atoms with Crippen molar-refractivity contribution in [3.05, 3.63) is 86.7 Å². The maximum absolute atomic E-state index is 7.64. The predicted octanol–water partition coefficient (Wildman–Crippen LogP) is 5.77. The number of nitrogens with zero attached hydrogens (tertiary/aromatic N) is 4. The van der Waals surface area contributed by atoms with E-state index in [-0.39, 0.29) is 20.4 Å². The zero-order chi connectivity index (χ0) is 26.4. The first kappa shape index (κ1) is 14.7. The maximum atomic E-state index is 7.64. The van der Waals surface area contributed by atoms with Gasteiger partial charge in [0.15, 0.2) is 0 Å². The van der Waals surface area contributed by atoms with Crippen LogP contribution in [0.25, 0.3) is 43.9 Å². The van der Waals surface area contributed by atoms with Gasteiger partial charge >= 0.3 is 0 Å². The summed E-state index contributed by atoms with van der Waals surface area (Å²) in [4.78, 5) is 5.70. The molecule has 7 rings (SSSR count). The van der Waals surface area contributed by atoms with Crippen LogP contribution in [-0.2, 0) is 20.4 Å². The van der Waals surface area contributed by atoms with E-state index in [0.29, 0.717) is 33.7 Å². The molecule has 5 aromatic rings. The summed E-state index contributed by atoms with van der Waals surface area (Å²) in [6.07, 6.45) is 6.32. The minimum atomic E-state index is -2.28. The SMILES string of the molecule is [2H]C([2H])([2H])N1C=CN(c2[c-]c3c(cc2)oc2ccc4oc5ccc(N6C=CN(C([2H])([2H])[2H])[CH-]6)[c-]c5c4c23)[CH-]1.[Pd]. The Kier molecular flexibility index (Phi) is 3.25. The van der Waals surface area contributed by atoms with E-state index in [9.17, 15) is 0 Å². The van der Waals surface area contributed by atoms with E-state index in [1.165, 1.54) is 25.7 Å². The third-order valence-electron chi connectivity index (χ3n) is 5.68. The van der Waals surface area contributed by atoms with Gasteiger partial charge in [-0.25, -0.2) is 0 Å². The molecule has 0 radical (unpaired) electrons. The Bertz CT molecular complexity index is 1670. The number of benzene rings is 3. The van der Waals surface area contributed by atoms with Crippen LogP contribution in [0.15, 0.2) is 70.0 Å². The van der Waals surface area contributed by atoms with Gasteiger partial charge in [0.2, 0.25) is 0 Å². The Labute approximate surface area is 213 Å². The molecule has 7 heteroatoms. The van der Waals surface area contributed by atoms with Crippen molar-refractivity contribution >= 4 is 55.3 Å². The van der Waals surface area contributed by atoms with Crippen LogP contribution in [0.2, 0.25) is 0 Å². The number of rotatable bonds is 2. The molecule has 0 amide bonds. The number of anilines is 2. The largest absolute Gasteiger partial charge is 0.511 e. The van der Waals surface area contributed by atoms with Crippen molar-refractivity contribution in [3.8, 4) is 0 Å². The van der Waals surface area contributed by atoms with Gasteiger partial charge in [0.1, 0.15) is 0 Å². The van der Waals surface area contributed by atoms with E-state index < -0.39 is 14.0 Å². The molecular weight excluding hydrogens is 507 g/mol. The molecule has 0 saturated carbocycles. The summed E-state index contributed by atoms with van der Waals surface area (Å²) in [6, 6.07) is 17.8. The van der Waals surface area contributed by atoms with Crippen molar-refractivity contribution in [2.24, 2.45) is 0 Å². The van der Waals surface area contributed by atoms with Gasteiger partial charge in [-0.05, 0) is 50.9 Å². The monoisotopic (exact) mass is 530 g/mol. The van der Waals surface area contributed by atoms with Crippen molar-refractivity contribution in [1.29, 1.82) is 0 Å². The number of hydrogen-bond acceptors (Lipinski definition) is 6. The molecule has 0 unspecified atom stereocenters.